The van der Waals surface area contributed by atoms with Crippen molar-refractivity contribution in [3.05, 3.63) is 78.4 Å². The molecule has 30 heavy (non-hydrogen) atoms. The van der Waals surface area contributed by atoms with E-state index in [0.29, 0.717) is 11.7 Å². The zero-order chi connectivity index (χ0) is 21.1. The predicted molar refractivity (Wildman–Crippen MR) is 121 cm³/mol. The van der Waals surface area contributed by atoms with Gasteiger partial charge in [0.25, 0.3) is 5.91 Å². The first-order valence-electron chi connectivity index (χ1n) is 11.0. The van der Waals surface area contributed by atoms with Crippen molar-refractivity contribution in [2.45, 2.75) is 37.1 Å². The van der Waals surface area contributed by atoms with Crippen LogP contribution in [0.2, 0.25) is 0 Å². The van der Waals surface area contributed by atoms with Gasteiger partial charge in [-0.3, -0.25) is 9.69 Å². The fourth-order valence-corrected chi connectivity index (χ4v) is 5.63. The number of amides is 1. The van der Waals surface area contributed by atoms with Gasteiger partial charge in [-0.25, -0.2) is 0 Å². The van der Waals surface area contributed by atoms with Crippen LogP contribution in [0.4, 0.5) is 0 Å². The maximum atomic E-state index is 13.1. The molecule has 2 unspecified atom stereocenters. The molecule has 1 aliphatic carbocycles. The number of benzene rings is 2. The third-order valence-electron chi connectivity index (χ3n) is 7.28. The Morgan fingerprint density at radius 3 is 2.77 bits per heavy atom. The van der Waals surface area contributed by atoms with Crippen molar-refractivity contribution >= 4 is 5.91 Å². The molecule has 4 heteroatoms. The summed E-state index contributed by atoms with van der Waals surface area (Å²) in [5, 5.41) is 10.2. The van der Waals surface area contributed by atoms with E-state index in [-0.39, 0.29) is 17.4 Å². The summed E-state index contributed by atoms with van der Waals surface area (Å²) in [6.45, 7) is 6.89. The first kappa shape index (κ1) is 20.7. The fourth-order valence-electron chi connectivity index (χ4n) is 5.63. The standard InChI is InChI=1S/C26H32N2O2/c1-3-15-28-16-14-26(21-10-7-11-24(29)17-21)18-23(13-12-22(26)19-28)27(2)25(30)20-8-5-4-6-9-20/h3-11,17,22-23,29H,1,12-16,18-19H2,2H3/t22?,23-,26?/m1/s1. The molecule has 1 saturated heterocycles. The van der Waals surface area contributed by atoms with Crippen molar-refractivity contribution in [2.75, 3.05) is 26.7 Å². The van der Waals surface area contributed by atoms with E-state index in [1.807, 2.05) is 60.5 Å². The summed E-state index contributed by atoms with van der Waals surface area (Å²) in [4.78, 5) is 17.5. The molecule has 1 heterocycles. The maximum Gasteiger partial charge on any atom is 0.253 e. The van der Waals surface area contributed by atoms with Crippen LogP contribution in [0.15, 0.2) is 67.3 Å². The fraction of sp³-hybridized carbons (Fsp3) is 0.423. The molecule has 3 atom stereocenters. The lowest BCUT2D eigenvalue weighted by Gasteiger charge is -2.54. The van der Waals surface area contributed by atoms with Crippen molar-refractivity contribution in [3.63, 3.8) is 0 Å². The number of hydrogen-bond acceptors (Lipinski definition) is 3. The van der Waals surface area contributed by atoms with Gasteiger partial charge in [0.15, 0.2) is 0 Å². The summed E-state index contributed by atoms with van der Waals surface area (Å²) >= 11 is 0. The molecular formula is C26H32N2O2. The van der Waals surface area contributed by atoms with Gasteiger partial charge in [-0.1, -0.05) is 36.4 Å². The molecule has 0 bridgehead atoms. The highest BCUT2D eigenvalue weighted by atomic mass is 16.3. The molecule has 0 aromatic heterocycles. The summed E-state index contributed by atoms with van der Waals surface area (Å²) < 4.78 is 0. The molecule has 4 rings (SSSR count). The molecule has 0 radical (unpaired) electrons. The van der Waals surface area contributed by atoms with E-state index < -0.39 is 0 Å². The van der Waals surface area contributed by atoms with Crippen LogP contribution in [-0.2, 0) is 5.41 Å². The smallest absolute Gasteiger partial charge is 0.253 e. The summed E-state index contributed by atoms with van der Waals surface area (Å²) in [5.41, 5.74) is 1.95. The molecule has 2 aromatic rings. The van der Waals surface area contributed by atoms with Gasteiger partial charge < -0.3 is 10.0 Å². The van der Waals surface area contributed by atoms with Crippen molar-refractivity contribution in [1.82, 2.24) is 9.80 Å². The number of carbonyl (C=O) groups is 1. The van der Waals surface area contributed by atoms with Crippen LogP contribution in [-0.4, -0.2) is 53.5 Å². The van der Waals surface area contributed by atoms with E-state index in [9.17, 15) is 9.90 Å². The minimum absolute atomic E-state index is 0.00937. The van der Waals surface area contributed by atoms with Crippen LogP contribution in [0.5, 0.6) is 5.75 Å². The van der Waals surface area contributed by atoms with E-state index in [1.54, 1.807) is 6.07 Å². The highest BCUT2D eigenvalue weighted by Crippen LogP contribution is 2.50. The zero-order valence-corrected chi connectivity index (χ0v) is 17.8. The lowest BCUT2D eigenvalue weighted by Crippen LogP contribution is -2.56. The molecule has 2 fully saturated rings. The minimum Gasteiger partial charge on any atom is -0.508 e. The highest BCUT2D eigenvalue weighted by Gasteiger charge is 2.49. The first-order valence-corrected chi connectivity index (χ1v) is 11.0. The largest absolute Gasteiger partial charge is 0.508 e. The van der Waals surface area contributed by atoms with Crippen LogP contribution in [0.25, 0.3) is 0 Å². The summed E-state index contributed by atoms with van der Waals surface area (Å²) in [7, 11) is 1.95. The maximum absolute atomic E-state index is 13.1. The lowest BCUT2D eigenvalue weighted by molar-refractivity contribution is 0.0221. The van der Waals surface area contributed by atoms with Gasteiger partial charge in [0.1, 0.15) is 5.75 Å². The monoisotopic (exact) mass is 404 g/mol. The first-order chi connectivity index (χ1) is 14.5. The number of fused-ring (bicyclic) bond motifs is 1. The molecule has 2 aromatic carbocycles. The van der Waals surface area contributed by atoms with Gasteiger partial charge in [-0.05, 0) is 68.0 Å². The Morgan fingerprint density at radius 1 is 1.23 bits per heavy atom. The molecule has 1 N–H and O–H groups in total. The summed E-state index contributed by atoms with van der Waals surface area (Å²) in [5.74, 6) is 0.934. The summed E-state index contributed by atoms with van der Waals surface area (Å²) in [6, 6.07) is 17.6. The SMILES string of the molecule is C=CCN1CCC2(c3cccc(O)c3)C[C@H](N(C)C(=O)c3ccccc3)CCC2C1. The normalized spacial score (nSPS) is 26.6. The van der Waals surface area contributed by atoms with Crippen molar-refractivity contribution in [1.29, 1.82) is 0 Å². The lowest BCUT2D eigenvalue weighted by atomic mass is 9.57. The van der Waals surface area contributed by atoms with E-state index in [0.717, 1.165) is 50.9 Å². The third kappa shape index (κ3) is 3.89. The van der Waals surface area contributed by atoms with E-state index >= 15 is 0 Å². The second-order valence-electron chi connectivity index (χ2n) is 8.92. The Bertz CT molecular complexity index is 897. The van der Waals surface area contributed by atoms with E-state index in [4.69, 9.17) is 0 Å². The number of phenolic OH excluding ortho intramolecular Hbond substituents is 1. The van der Waals surface area contributed by atoms with E-state index in [1.165, 1.54) is 5.56 Å². The average molecular weight is 405 g/mol. The number of piperidine rings is 1. The second-order valence-corrected chi connectivity index (χ2v) is 8.92. The third-order valence-corrected chi connectivity index (χ3v) is 7.28. The quantitative estimate of drug-likeness (QED) is 0.748. The van der Waals surface area contributed by atoms with Gasteiger partial charge in [-0.15, -0.1) is 6.58 Å². The minimum atomic E-state index is -0.00937. The number of likely N-dealkylation sites (tertiary alicyclic amines) is 1. The number of carbonyl (C=O) groups excluding carboxylic acids is 1. The Hall–Kier alpha value is -2.59. The molecule has 1 aliphatic heterocycles. The Morgan fingerprint density at radius 2 is 2.03 bits per heavy atom. The van der Waals surface area contributed by atoms with Crippen LogP contribution in [0.3, 0.4) is 0 Å². The highest BCUT2D eigenvalue weighted by molar-refractivity contribution is 5.94. The van der Waals surface area contributed by atoms with Gasteiger partial charge >= 0.3 is 0 Å². The van der Waals surface area contributed by atoms with Crippen molar-refractivity contribution < 1.29 is 9.90 Å². The molecule has 4 nitrogen and oxygen atoms in total. The molecule has 158 valence electrons. The van der Waals surface area contributed by atoms with Crippen LogP contribution < -0.4 is 0 Å². The van der Waals surface area contributed by atoms with Crippen molar-refractivity contribution in [3.8, 4) is 5.75 Å². The van der Waals surface area contributed by atoms with Gasteiger partial charge in [-0.2, -0.15) is 0 Å². The van der Waals surface area contributed by atoms with Gasteiger partial charge in [0.05, 0.1) is 0 Å². The Labute approximate surface area is 179 Å². The van der Waals surface area contributed by atoms with Gasteiger partial charge in [0, 0.05) is 37.2 Å². The van der Waals surface area contributed by atoms with Crippen molar-refractivity contribution in [2.24, 2.45) is 5.92 Å². The predicted octanol–water partition coefficient (Wildman–Crippen LogP) is 4.46. The molecule has 1 amide bonds. The Balaban J connectivity index is 1.62. The second kappa shape index (κ2) is 8.65. The Kier molecular flexibility index (Phi) is 5.96. The van der Waals surface area contributed by atoms with Crippen LogP contribution >= 0.6 is 0 Å². The topological polar surface area (TPSA) is 43.8 Å². The molecule has 1 saturated carbocycles. The molecular weight excluding hydrogens is 372 g/mol. The average Bonchev–Trinajstić information content (AvgIpc) is 2.78. The number of nitrogens with zero attached hydrogens (tertiary/aromatic N) is 2. The number of aromatic hydroxyl groups is 1. The van der Waals surface area contributed by atoms with E-state index in [2.05, 4.69) is 17.5 Å². The molecule has 0 spiro atoms. The number of phenols is 1. The molecule has 2 aliphatic rings. The van der Waals surface area contributed by atoms with Crippen LogP contribution in [0, 0.1) is 5.92 Å². The number of hydrogen-bond donors (Lipinski definition) is 1. The summed E-state index contributed by atoms with van der Waals surface area (Å²) in [6.07, 6.45) is 6.07. The number of rotatable bonds is 5. The van der Waals surface area contributed by atoms with Gasteiger partial charge in [0.2, 0.25) is 0 Å². The zero-order valence-electron chi connectivity index (χ0n) is 17.8. The van der Waals surface area contributed by atoms with Crippen LogP contribution in [0.1, 0.15) is 41.6 Å².